The van der Waals surface area contributed by atoms with E-state index < -0.39 is 0 Å². The van der Waals surface area contributed by atoms with Crippen molar-refractivity contribution in [2.75, 3.05) is 0 Å². The van der Waals surface area contributed by atoms with Gasteiger partial charge in [-0.3, -0.25) is 0 Å². The second-order valence-corrected chi connectivity index (χ2v) is 3.09. The molecule has 1 aromatic rings. The molecule has 66 valence electrons. The highest BCUT2D eigenvalue weighted by Crippen LogP contribution is 2.19. The Morgan fingerprint density at radius 2 is 2.50 bits per heavy atom. The van der Waals surface area contributed by atoms with Gasteiger partial charge in [0, 0.05) is 12.6 Å². The zero-order chi connectivity index (χ0) is 8.39. The van der Waals surface area contributed by atoms with Gasteiger partial charge in [0.05, 0.1) is 12.2 Å². The van der Waals surface area contributed by atoms with Crippen LogP contribution in [0.3, 0.4) is 0 Å². The van der Waals surface area contributed by atoms with Crippen molar-refractivity contribution in [1.82, 2.24) is 10.3 Å². The van der Waals surface area contributed by atoms with Gasteiger partial charge in [-0.15, -0.1) is 0 Å². The molecule has 1 heterocycles. The highest BCUT2D eigenvalue weighted by molar-refractivity contribution is 4.96. The van der Waals surface area contributed by atoms with E-state index in [9.17, 15) is 0 Å². The summed E-state index contributed by atoms with van der Waals surface area (Å²) < 4.78 is 5.18. The predicted molar refractivity (Wildman–Crippen MR) is 44.3 cm³/mol. The van der Waals surface area contributed by atoms with Gasteiger partial charge in [0.15, 0.2) is 0 Å². The summed E-state index contributed by atoms with van der Waals surface area (Å²) in [5, 5.41) is 3.31. The molecule has 0 amide bonds. The molecular formula is C8H13N3O. The molecule has 1 aromatic heterocycles. The third-order valence-electron chi connectivity index (χ3n) is 1.93. The van der Waals surface area contributed by atoms with Crippen molar-refractivity contribution in [1.29, 1.82) is 0 Å². The van der Waals surface area contributed by atoms with Crippen molar-refractivity contribution in [3.05, 3.63) is 17.8 Å². The van der Waals surface area contributed by atoms with Crippen molar-refractivity contribution in [2.45, 2.75) is 32.0 Å². The lowest BCUT2D eigenvalue weighted by Crippen LogP contribution is -2.15. The number of nitrogens with two attached hydrogens (primary N) is 1. The number of nitrogens with zero attached hydrogens (tertiary/aromatic N) is 1. The van der Waals surface area contributed by atoms with Crippen LogP contribution in [0.5, 0.6) is 0 Å². The van der Waals surface area contributed by atoms with Gasteiger partial charge in [-0.2, -0.15) is 0 Å². The number of rotatable bonds is 4. The first-order chi connectivity index (χ1) is 5.88. The molecule has 1 saturated carbocycles. The van der Waals surface area contributed by atoms with Crippen LogP contribution in [0.2, 0.25) is 0 Å². The Morgan fingerprint density at radius 3 is 3.08 bits per heavy atom. The van der Waals surface area contributed by atoms with Crippen molar-refractivity contribution in [3.63, 3.8) is 0 Å². The Hall–Kier alpha value is -0.870. The molecule has 0 saturated heterocycles. The Balaban J connectivity index is 1.84. The third-order valence-corrected chi connectivity index (χ3v) is 1.93. The van der Waals surface area contributed by atoms with E-state index >= 15 is 0 Å². The van der Waals surface area contributed by atoms with Gasteiger partial charge >= 0.3 is 0 Å². The number of oxazole rings is 1. The van der Waals surface area contributed by atoms with Crippen molar-refractivity contribution in [3.8, 4) is 0 Å². The summed E-state index contributed by atoms with van der Waals surface area (Å²) >= 11 is 0. The molecule has 2 rings (SSSR count). The van der Waals surface area contributed by atoms with E-state index in [4.69, 9.17) is 10.2 Å². The molecule has 0 aromatic carbocycles. The lowest BCUT2D eigenvalue weighted by Gasteiger charge is -1.95. The van der Waals surface area contributed by atoms with Gasteiger partial charge < -0.3 is 15.5 Å². The Labute approximate surface area is 71.2 Å². The molecule has 0 spiro atoms. The smallest absolute Gasteiger partial charge is 0.208 e. The molecule has 0 unspecified atom stereocenters. The molecule has 4 heteroatoms. The monoisotopic (exact) mass is 167 g/mol. The fourth-order valence-corrected chi connectivity index (χ4v) is 1.04. The van der Waals surface area contributed by atoms with Crippen LogP contribution < -0.4 is 11.1 Å². The lowest BCUT2D eigenvalue weighted by atomic mass is 10.5. The number of nitrogens with one attached hydrogen (secondary N) is 1. The second-order valence-electron chi connectivity index (χ2n) is 3.09. The highest BCUT2D eigenvalue weighted by atomic mass is 16.3. The van der Waals surface area contributed by atoms with Crippen LogP contribution >= 0.6 is 0 Å². The van der Waals surface area contributed by atoms with Gasteiger partial charge in [0.25, 0.3) is 0 Å². The van der Waals surface area contributed by atoms with Crippen LogP contribution in [0.4, 0.5) is 0 Å². The maximum atomic E-state index is 5.39. The zero-order valence-electron chi connectivity index (χ0n) is 6.92. The fourth-order valence-electron chi connectivity index (χ4n) is 1.04. The summed E-state index contributed by atoms with van der Waals surface area (Å²) in [6.45, 7) is 1.18. The standard InChI is InChI=1S/C8H13N3O/c9-3-7-5-12-8(11-7)4-10-6-1-2-6/h5-6,10H,1-4,9H2. The first-order valence-corrected chi connectivity index (χ1v) is 4.25. The van der Waals surface area contributed by atoms with Gasteiger partial charge in [0.2, 0.25) is 5.89 Å². The largest absolute Gasteiger partial charge is 0.447 e. The normalized spacial score (nSPS) is 16.8. The summed E-state index contributed by atoms with van der Waals surface area (Å²) in [6, 6.07) is 0.693. The molecule has 1 aliphatic carbocycles. The summed E-state index contributed by atoms with van der Waals surface area (Å²) in [6.07, 6.45) is 4.18. The molecule has 0 aliphatic heterocycles. The molecule has 3 N–H and O–H groups in total. The van der Waals surface area contributed by atoms with Crippen LogP contribution in [-0.4, -0.2) is 11.0 Å². The fraction of sp³-hybridized carbons (Fsp3) is 0.625. The number of hydrogen-bond donors (Lipinski definition) is 2. The SMILES string of the molecule is NCc1coc(CNC2CC2)n1. The lowest BCUT2D eigenvalue weighted by molar-refractivity contribution is 0.467. The van der Waals surface area contributed by atoms with E-state index in [1.165, 1.54) is 12.8 Å². The van der Waals surface area contributed by atoms with E-state index in [2.05, 4.69) is 10.3 Å². The minimum absolute atomic E-state index is 0.451. The molecule has 1 fully saturated rings. The topological polar surface area (TPSA) is 64.1 Å². The molecule has 1 aliphatic rings. The van der Waals surface area contributed by atoms with Crippen LogP contribution in [0.1, 0.15) is 24.4 Å². The first kappa shape index (κ1) is 7.76. The highest BCUT2D eigenvalue weighted by Gasteiger charge is 2.20. The Bertz CT molecular complexity index is 255. The molecule has 0 radical (unpaired) electrons. The van der Waals surface area contributed by atoms with Crippen LogP contribution in [0, 0.1) is 0 Å². The molecule has 12 heavy (non-hydrogen) atoms. The van der Waals surface area contributed by atoms with Crippen molar-refractivity contribution in [2.24, 2.45) is 5.73 Å². The summed E-state index contributed by atoms with van der Waals surface area (Å²) in [7, 11) is 0. The van der Waals surface area contributed by atoms with Crippen molar-refractivity contribution < 1.29 is 4.42 Å². The maximum absolute atomic E-state index is 5.39. The van der Waals surface area contributed by atoms with E-state index in [-0.39, 0.29) is 0 Å². The van der Waals surface area contributed by atoms with E-state index in [1.54, 1.807) is 6.26 Å². The summed E-state index contributed by atoms with van der Waals surface area (Å²) in [4.78, 5) is 4.17. The minimum atomic E-state index is 0.451. The van der Waals surface area contributed by atoms with Crippen molar-refractivity contribution >= 4 is 0 Å². The first-order valence-electron chi connectivity index (χ1n) is 4.25. The summed E-state index contributed by atoms with van der Waals surface area (Å²) in [5.41, 5.74) is 6.21. The average Bonchev–Trinajstić information content (AvgIpc) is 2.81. The third kappa shape index (κ3) is 1.84. The Kier molecular flexibility index (Phi) is 2.10. The van der Waals surface area contributed by atoms with Crippen LogP contribution in [-0.2, 0) is 13.1 Å². The number of aromatic nitrogens is 1. The van der Waals surface area contributed by atoms with Gasteiger partial charge in [-0.05, 0) is 12.8 Å². The van der Waals surface area contributed by atoms with E-state index in [1.807, 2.05) is 0 Å². The van der Waals surface area contributed by atoms with Crippen LogP contribution in [0.15, 0.2) is 10.7 Å². The molecular weight excluding hydrogens is 154 g/mol. The minimum Gasteiger partial charge on any atom is -0.447 e. The molecule has 4 nitrogen and oxygen atoms in total. The quantitative estimate of drug-likeness (QED) is 0.680. The van der Waals surface area contributed by atoms with Crippen LogP contribution in [0.25, 0.3) is 0 Å². The van der Waals surface area contributed by atoms with E-state index in [0.717, 1.165) is 18.1 Å². The maximum Gasteiger partial charge on any atom is 0.208 e. The number of hydrogen-bond acceptors (Lipinski definition) is 4. The Morgan fingerprint density at radius 1 is 1.67 bits per heavy atom. The molecule has 0 bridgehead atoms. The van der Waals surface area contributed by atoms with E-state index in [0.29, 0.717) is 12.6 Å². The molecule has 0 atom stereocenters. The zero-order valence-corrected chi connectivity index (χ0v) is 6.92. The van der Waals surface area contributed by atoms with Gasteiger partial charge in [0.1, 0.15) is 6.26 Å². The van der Waals surface area contributed by atoms with Gasteiger partial charge in [-0.25, -0.2) is 4.98 Å². The van der Waals surface area contributed by atoms with Gasteiger partial charge in [-0.1, -0.05) is 0 Å². The second kappa shape index (κ2) is 3.25. The summed E-state index contributed by atoms with van der Waals surface area (Å²) in [5.74, 6) is 0.738. The average molecular weight is 167 g/mol. The predicted octanol–water partition coefficient (Wildman–Crippen LogP) is 0.385.